The lowest BCUT2D eigenvalue weighted by atomic mass is 9.64. The van der Waals surface area contributed by atoms with Gasteiger partial charge in [-0.05, 0) is 58.4 Å². The second kappa shape index (κ2) is 13.3. The van der Waals surface area contributed by atoms with E-state index in [1.54, 1.807) is 26.9 Å². The summed E-state index contributed by atoms with van der Waals surface area (Å²) in [5.41, 5.74) is -1.36. The minimum Gasteiger partial charge on any atom is -0.396 e. The summed E-state index contributed by atoms with van der Waals surface area (Å²) in [7, 11) is 0. The summed E-state index contributed by atoms with van der Waals surface area (Å²) in [5.74, 6) is -1.82. The second-order valence-corrected chi connectivity index (χ2v) is 13.4. The highest BCUT2D eigenvalue weighted by Crippen LogP contribution is 2.64. The zero-order valence-electron chi connectivity index (χ0n) is 26.6. The Morgan fingerprint density at radius 2 is 1.72 bits per heavy atom. The molecule has 0 aromatic heterocycles. The van der Waals surface area contributed by atoms with E-state index in [0.29, 0.717) is 58.3 Å². The van der Waals surface area contributed by atoms with Gasteiger partial charge in [-0.25, -0.2) is 0 Å². The van der Waals surface area contributed by atoms with Crippen molar-refractivity contribution in [3.8, 4) is 0 Å². The Morgan fingerprint density at radius 1 is 1.05 bits per heavy atom. The van der Waals surface area contributed by atoms with Gasteiger partial charge >= 0.3 is 0 Å². The lowest BCUT2D eigenvalue weighted by molar-refractivity contribution is -0.157. The molecule has 8 nitrogen and oxygen atoms in total. The maximum Gasteiger partial charge on any atom is 0.249 e. The molecule has 3 amide bonds. The van der Waals surface area contributed by atoms with Crippen molar-refractivity contribution in [3.63, 3.8) is 0 Å². The van der Waals surface area contributed by atoms with Crippen LogP contribution in [0.3, 0.4) is 0 Å². The number of carbonyl (C=O) groups excluding carboxylic acids is 3. The maximum absolute atomic E-state index is 14.6. The number of unbranched alkanes of at least 4 members (excludes halogenated alkanes) is 3. The van der Waals surface area contributed by atoms with E-state index < -0.39 is 34.6 Å². The monoisotopic (exact) mass is 593 g/mol. The molecule has 8 heteroatoms. The average Bonchev–Trinajstić information content (AvgIpc) is 3.58. The Morgan fingerprint density at radius 3 is 2.33 bits per heavy atom. The topological polar surface area (TPSA) is 90.4 Å². The first-order valence-electron chi connectivity index (χ1n) is 16.0. The molecule has 1 N–H and O–H groups in total. The van der Waals surface area contributed by atoms with Crippen LogP contribution in [0.1, 0.15) is 78.2 Å². The molecule has 2 bridgehead atoms. The number of carbonyl (C=O) groups is 3. The van der Waals surface area contributed by atoms with Crippen molar-refractivity contribution in [2.24, 2.45) is 11.8 Å². The summed E-state index contributed by atoms with van der Waals surface area (Å²) >= 11 is 0. The van der Waals surface area contributed by atoms with Gasteiger partial charge in [-0.1, -0.05) is 62.2 Å². The van der Waals surface area contributed by atoms with Crippen molar-refractivity contribution < 1.29 is 24.2 Å². The first-order valence-corrected chi connectivity index (χ1v) is 16.0. The van der Waals surface area contributed by atoms with E-state index in [4.69, 9.17) is 4.74 Å². The highest BCUT2D eigenvalue weighted by molar-refractivity contribution is 5.99. The number of rotatable bonds is 15. The minimum atomic E-state index is -1.06. The van der Waals surface area contributed by atoms with E-state index in [9.17, 15) is 19.5 Å². The molecule has 1 aromatic rings. The van der Waals surface area contributed by atoms with Crippen molar-refractivity contribution in [1.82, 2.24) is 14.7 Å². The van der Waals surface area contributed by atoms with Gasteiger partial charge in [0.05, 0.1) is 17.4 Å². The quantitative estimate of drug-likeness (QED) is 0.235. The van der Waals surface area contributed by atoms with Crippen LogP contribution in [-0.2, 0) is 25.7 Å². The van der Waals surface area contributed by atoms with Crippen LogP contribution in [0.2, 0.25) is 0 Å². The predicted molar refractivity (Wildman–Crippen MR) is 168 cm³/mol. The van der Waals surface area contributed by atoms with Crippen LogP contribution in [0.5, 0.6) is 0 Å². The third kappa shape index (κ3) is 6.05. The maximum atomic E-state index is 14.6. The van der Waals surface area contributed by atoms with Crippen LogP contribution in [0.15, 0.2) is 55.6 Å². The number of amides is 3. The largest absolute Gasteiger partial charge is 0.396 e. The zero-order valence-corrected chi connectivity index (χ0v) is 26.6. The smallest absolute Gasteiger partial charge is 0.249 e. The van der Waals surface area contributed by atoms with Gasteiger partial charge in [0, 0.05) is 38.3 Å². The molecule has 3 heterocycles. The van der Waals surface area contributed by atoms with Crippen molar-refractivity contribution in [1.29, 1.82) is 0 Å². The van der Waals surface area contributed by atoms with Gasteiger partial charge in [0.25, 0.3) is 0 Å². The molecule has 3 saturated heterocycles. The van der Waals surface area contributed by atoms with E-state index in [0.717, 1.165) is 18.4 Å². The van der Waals surface area contributed by atoms with Gasteiger partial charge in [0.2, 0.25) is 17.7 Å². The molecule has 0 aliphatic carbocycles. The van der Waals surface area contributed by atoms with Crippen LogP contribution >= 0.6 is 0 Å². The molecule has 3 aliphatic rings. The van der Waals surface area contributed by atoms with Crippen LogP contribution in [0.4, 0.5) is 0 Å². The van der Waals surface area contributed by atoms with Crippen molar-refractivity contribution in [2.75, 3.05) is 26.2 Å². The van der Waals surface area contributed by atoms with Gasteiger partial charge in [-0.3, -0.25) is 14.4 Å². The van der Waals surface area contributed by atoms with Crippen molar-refractivity contribution in [2.45, 2.75) is 102 Å². The van der Waals surface area contributed by atoms with E-state index >= 15 is 0 Å². The summed E-state index contributed by atoms with van der Waals surface area (Å²) < 4.78 is 7.01. The molecule has 0 saturated carbocycles. The molecular weight excluding hydrogens is 542 g/mol. The fourth-order valence-electron chi connectivity index (χ4n) is 7.72. The molecular formula is C35H51N3O5. The van der Waals surface area contributed by atoms with Crippen LogP contribution in [0.25, 0.3) is 0 Å². The number of fused-ring (bicyclic) bond motifs is 1. The molecule has 0 radical (unpaired) electrons. The molecule has 1 aromatic carbocycles. The van der Waals surface area contributed by atoms with Gasteiger partial charge in [0.15, 0.2) is 0 Å². The number of nitrogens with zero attached hydrogens (tertiary/aromatic N) is 3. The fourth-order valence-corrected chi connectivity index (χ4v) is 7.72. The van der Waals surface area contributed by atoms with Gasteiger partial charge in [0.1, 0.15) is 11.6 Å². The van der Waals surface area contributed by atoms with E-state index in [-0.39, 0.29) is 24.3 Å². The number of hydrogen-bond donors (Lipinski definition) is 1. The predicted octanol–water partition coefficient (Wildman–Crippen LogP) is 4.72. The van der Waals surface area contributed by atoms with Crippen molar-refractivity contribution in [3.05, 3.63) is 61.2 Å². The van der Waals surface area contributed by atoms with E-state index in [1.807, 2.05) is 58.0 Å². The number of hydrogen-bond acceptors (Lipinski definition) is 5. The summed E-state index contributed by atoms with van der Waals surface area (Å²) in [5, 5.41) is 9.22. The van der Waals surface area contributed by atoms with Crippen LogP contribution < -0.4 is 0 Å². The Balaban J connectivity index is 1.75. The highest BCUT2D eigenvalue weighted by atomic mass is 16.5. The third-order valence-electron chi connectivity index (χ3n) is 9.75. The lowest BCUT2D eigenvalue weighted by Crippen LogP contribution is -2.60. The van der Waals surface area contributed by atoms with Crippen LogP contribution in [-0.4, -0.2) is 86.6 Å². The molecule has 3 fully saturated rings. The summed E-state index contributed by atoms with van der Waals surface area (Å²) in [4.78, 5) is 49.1. The van der Waals surface area contributed by atoms with Crippen LogP contribution in [0, 0.1) is 11.8 Å². The first kappa shape index (κ1) is 32.9. The molecule has 1 spiro atoms. The SMILES string of the molecule is C=CCN(Cc1ccccc1)C(=O)[C@H]1[C@H]2C(=O)N(CCCCCCO)C(C(=O)N(CC=C)C(C)(C)C)C23CC[C@]1(CC)O3. The summed E-state index contributed by atoms with van der Waals surface area (Å²) in [6.45, 7) is 17.4. The Kier molecular flexibility index (Phi) is 10.2. The lowest BCUT2D eigenvalue weighted by Gasteiger charge is -2.42. The third-order valence-corrected chi connectivity index (χ3v) is 9.75. The Hall–Kier alpha value is -2.97. The van der Waals surface area contributed by atoms with E-state index in [2.05, 4.69) is 13.2 Å². The zero-order chi connectivity index (χ0) is 31.4. The molecule has 4 rings (SSSR count). The average molecular weight is 594 g/mol. The second-order valence-electron chi connectivity index (χ2n) is 13.4. The van der Waals surface area contributed by atoms with Gasteiger partial charge in [-0.2, -0.15) is 0 Å². The number of ether oxygens (including phenoxy) is 1. The first-order chi connectivity index (χ1) is 20.5. The Labute approximate surface area is 257 Å². The van der Waals surface area contributed by atoms with E-state index in [1.165, 1.54) is 0 Å². The number of aliphatic hydroxyl groups excluding tert-OH is 1. The molecule has 2 unspecified atom stereocenters. The number of likely N-dealkylation sites (tertiary alicyclic amines) is 1. The summed E-state index contributed by atoms with van der Waals surface area (Å²) in [6, 6.07) is 9.03. The molecule has 43 heavy (non-hydrogen) atoms. The van der Waals surface area contributed by atoms with Gasteiger partial charge < -0.3 is 24.5 Å². The normalized spacial score (nSPS) is 27.7. The highest BCUT2D eigenvalue weighted by Gasteiger charge is 2.79. The standard InChI is InChI=1S/C35H51N3O5/c1-7-21-36(25-26-17-13-12-14-18-26)30(40)27-28-31(41)37(23-15-10-11-16-24-39)29(32(42)38(22-8-2)33(4,5)6)35(28)20-19-34(27,9-3)43-35/h7-8,12-14,17-18,27-29,39H,1-2,9-11,15-16,19-25H2,3-6H3/t27-,28+,29?,34+,35?/m1/s1. The molecule has 3 aliphatic heterocycles. The number of aliphatic hydroxyl groups is 1. The molecule has 5 atom stereocenters. The van der Waals surface area contributed by atoms with Gasteiger partial charge in [-0.15, -0.1) is 13.2 Å². The molecule has 236 valence electrons. The fraction of sp³-hybridized carbons (Fsp3) is 0.629. The minimum absolute atomic E-state index is 0.111. The van der Waals surface area contributed by atoms with Crippen molar-refractivity contribution >= 4 is 17.7 Å². The Bertz CT molecular complexity index is 1180. The summed E-state index contributed by atoms with van der Waals surface area (Å²) in [6.07, 6.45) is 8.32. The number of benzene rings is 1.